The zero-order chi connectivity index (χ0) is 28.9. The summed E-state index contributed by atoms with van der Waals surface area (Å²) in [7, 11) is 0. The average molecular weight is 580 g/mol. The zero-order valence-electron chi connectivity index (χ0n) is 23.7. The van der Waals surface area contributed by atoms with E-state index in [1.807, 2.05) is 63.3 Å². The maximum atomic E-state index is 14.7. The molecular weight excluding hydrogens is 542 g/mol. The second-order valence-electron chi connectivity index (χ2n) is 12.0. The highest BCUT2D eigenvalue weighted by molar-refractivity contribution is 8.02. The lowest BCUT2D eigenvalue weighted by Crippen LogP contribution is -2.58. The number of hydrogen-bond donors (Lipinski definition) is 1. The molecule has 11 heteroatoms. The van der Waals surface area contributed by atoms with Gasteiger partial charge in [-0.05, 0) is 44.2 Å². The van der Waals surface area contributed by atoms with Gasteiger partial charge in [0.1, 0.15) is 18.2 Å². The van der Waals surface area contributed by atoms with E-state index >= 15 is 0 Å². The number of rotatable bonds is 5. The number of esters is 1. The van der Waals surface area contributed by atoms with Crippen molar-refractivity contribution in [2.45, 2.75) is 68.3 Å². The number of hydrogen-bond acceptors (Lipinski definition) is 8. The molecule has 1 N–H and O–H groups in total. The lowest BCUT2D eigenvalue weighted by Gasteiger charge is -2.41. The Bertz CT molecular complexity index is 1420. The predicted octanol–water partition coefficient (Wildman–Crippen LogP) is 2.77. The molecule has 6 atom stereocenters. The SMILES string of the molecule is CC(C)[C@H](CO)N1C(=O)[C@@H]2[C@@H]3C(=O)OCCCC/C=C\[C@]3(C)S[C@@]23C=CCN(Cn2nnc4ccccc42)C(=O)C13. The number of ether oxygens (including phenoxy) is 1. The number of cyclic esters (lactones) is 1. The fraction of sp³-hybridized carbons (Fsp3) is 0.567. The number of likely N-dealkylation sites (tertiary alicyclic amines) is 1. The van der Waals surface area contributed by atoms with Crippen LogP contribution in [0.2, 0.25) is 0 Å². The number of carbonyl (C=O) groups excluding carboxylic acids is 3. The van der Waals surface area contributed by atoms with E-state index in [1.54, 1.807) is 14.5 Å². The third-order valence-electron chi connectivity index (χ3n) is 9.06. The van der Waals surface area contributed by atoms with Crippen LogP contribution >= 0.6 is 11.8 Å². The Morgan fingerprint density at radius 2 is 1.90 bits per heavy atom. The number of aliphatic hydroxyl groups is 1. The molecule has 10 nitrogen and oxygen atoms in total. The van der Waals surface area contributed by atoms with Crippen LogP contribution < -0.4 is 0 Å². The van der Waals surface area contributed by atoms with Crippen LogP contribution in [0.3, 0.4) is 0 Å². The third-order valence-corrected chi connectivity index (χ3v) is 10.9. The molecule has 1 aromatic carbocycles. The molecule has 4 aliphatic heterocycles. The van der Waals surface area contributed by atoms with Crippen LogP contribution in [0.15, 0.2) is 48.6 Å². The number of thioether (sulfide) groups is 1. The van der Waals surface area contributed by atoms with Gasteiger partial charge in [-0.3, -0.25) is 14.4 Å². The molecular formula is C30H37N5O5S. The summed E-state index contributed by atoms with van der Waals surface area (Å²) in [5.74, 6) is -2.60. The maximum absolute atomic E-state index is 14.7. The van der Waals surface area contributed by atoms with Crippen molar-refractivity contribution in [3.63, 3.8) is 0 Å². The Balaban J connectivity index is 1.46. The van der Waals surface area contributed by atoms with E-state index in [4.69, 9.17) is 4.74 Å². The quantitative estimate of drug-likeness (QED) is 0.425. The summed E-state index contributed by atoms with van der Waals surface area (Å²) >= 11 is 1.52. The maximum Gasteiger partial charge on any atom is 0.311 e. The molecule has 0 aliphatic carbocycles. The Labute approximate surface area is 243 Å². The lowest BCUT2D eigenvalue weighted by atomic mass is 9.74. The van der Waals surface area contributed by atoms with E-state index in [9.17, 15) is 19.5 Å². The van der Waals surface area contributed by atoms with E-state index in [1.165, 1.54) is 11.8 Å². The van der Waals surface area contributed by atoms with Crippen molar-refractivity contribution < 1.29 is 24.2 Å². The van der Waals surface area contributed by atoms with Crippen LogP contribution in [0.25, 0.3) is 11.0 Å². The standard InChI is InChI=1S/C30H37N5O5S/c1-19(2)22(17-36)35-25-27(38)33(18-34-21-12-7-6-11-20(21)31-32-34)15-10-14-30(25)23(26(35)37)24-28(39)40-16-9-5-4-8-13-29(24,3)41-30/h6-8,10-14,19,22-25,36H,4-5,9,15-18H2,1-3H3/b13-8-/t22-,23-,24+,25?,29-,30-/m0/s1. The largest absolute Gasteiger partial charge is 0.465 e. The minimum absolute atomic E-state index is 0.111. The Kier molecular flexibility index (Phi) is 7.22. The van der Waals surface area contributed by atoms with Crippen LogP contribution in [0.1, 0.15) is 40.0 Å². The minimum Gasteiger partial charge on any atom is -0.465 e. The summed E-state index contributed by atoms with van der Waals surface area (Å²) in [6.45, 7) is 6.34. The lowest BCUT2D eigenvalue weighted by molar-refractivity contribution is -0.155. The normalized spacial score (nSPS) is 33.4. The van der Waals surface area contributed by atoms with Crippen LogP contribution in [0.4, 0.5) is 0 Å². The van der Waals surface area contributed by atoms with Crippen molar-refractivity contribution in [3.05, 3.63) is 48.6 Å². The number of carbonyl (C=O) groups is 3. The average Bonchev–Trinajstić information content (AvgIpc) is 3.50. The van der Waals surface area contributed by atoms with Gasteiger partial charge in [0.05, 0.1) is 41.4 Å². The number of aromatic nitrogens is 3. The second kappa shape index (κ2) is 10.6. The van der Waals surface area contributed by atoms with Gasteiger partial charge in [-0.15, -0.1) is 16.9 Å². The van der Waals surface area contributed by atoms with Gasteiger partial charge in [0.2, 0.25) is 11.8 Å². The monoisotopic (exact) mass is 579 g/mol. The summed E-state index contributed by atoms with van der Waals surface area (Å²) in [5, 5.41) is 19.0. The second-order valence-corrected chi connectivity index (χ2v) is 13.8. The van der Waals surface area contributed by atoms with Crippen molar-refractivity contribution >= 4 is 40.6 Å². The topological polar surface area (TPSA) is 118 Å². The van der Waals surface area contributed by atoms with Gasteiger partial charge >= 0.3 is 5.97 Å². The molecule has 0 bridgehead atoms. The number of benzene rings is 1. The predicted molar refractivity (Wildman–Crippen MR) is 154 cm³/mol. The molecule has 5 heterocycles. The van der Waals surface area contributed by atoms with Gasteiger partial charge in [0.15, 0.2) is 0 Å². The summed E-state index contributed by atoms with van der Waals surface area (Å²) in [6, 6.07) is 6.07. The smallest absolute Gasteiger partial charge is 0.311 e. The summed E-state index contributed by atoms with van der Waals surface area (Å²) in [4.78, 5) is 46.2. The molecule has 0 radical (unpaired) electrons. The molecule has 1 unspecified atom stereocenters. The number of nitrogens with zero attached hydrogens (tertiary/aromatic N) is 5. The van der Waals surface area contributed by atoms with Crippen molar-refractivity contribution in [2.75, 3.05) is 19.8 Å². The summed E-state index contributed by atoms with van der Waals surface area (Å²) < 4.78 is 5.68. The van der Waals surface area contributed by atoms with E-state index in [-0.39, 0.29) is 31.0 Å². The Morgan fingerprint density at radius 1 is 1.10 bits per heavy atom. The highest BCUT2D eigenvalue weighted by Gasteiger charge is 2.74. The molecule has 2 amide bonds. The first-order chi connectivity index (χ1) is 19.7. The highest BCUT2D eigenvalue weighted by atomic mass is 32.2. The molecule has 1 spiro atoms. The molecule has 6 rings (SSSR count). The van der Waals surface area contributed by atoms with Crippen molar-refractivity contribution in [2.24, 2.45) is 17.8 Å². The number of aliphatic hydroxyl groups excluding tert-OH is 1. The third kappa shape index (κ3) is 4.39. The first kappa shape index (κ1) is 28.0. The fourth-order valence-electron chi connectivity index (χ4n) is 7.07. The van der Waals surface area contributed by atoms with Crippen LogP contribution in [0.5, 0.6) is 0 Å². The van der Waals surface area contributed by atoms with Gasteiger partial charge in [0.25, 0.3) is 0 Å². The van der Waals surface area contributed by atoms with Gasteiger partial charge < -0.3 is 19.6 Å². The summed E-state index contributed by atoms with van der Waals surface area (Å²) in [6.07, 6.45) is 10.6. The van der Waals surface area contributed by atoms with Crippen LogP contribution in [-0.2, 0) is 25.8 Å². The highest BCUT2D eigenvalue weighted by Crippen LogP contribution is 2.65. The number of amides is 2. The molecule has 4 aliphatic rings. The fourth-order valence-corrected chi connectivity index (χ4v) is 9.21. The molecule has 0 saturated carbocycles. The van der Waals surface area contributed by atoms with Crippen molar-refractivity contribution in [1.82, 2.24) is 24.8 Å². The van der Waals surface area contributed by atoms with Gasteiger partial charge in [-0.25, -0.2) is 4.68 Å². The van der Waals surface area contributed by atoms with Gasteiger partial charge in [0, 0.05) is 11.3 Å². The first-order valence-electron chi connectivity index (χ1n) is 14.4. The van der Waals surface area contributed by atoms with Crippen molar-refractivity contribution in [1.29, 1.82) is 0 Å². The molecule has 218 valence electrons. The number of allylic oxidation sites excluding steroid dienone is 1. The van der Waals surface area contributed by atoms with Crippen LogP contribution in [-0.4, -0.2) is 89.0 Å². The molecule has 2 fully saturated rings. The van der Waals surface area contributed by atoms with E-state index < -0.39 is 39.4 Å². The van der Waals surface area contributed by atoms with Gasteiger partial charge in [-0.2, -0.15) is 0 Å². The van der Waals surface area contributed by atoms with Crippen LogP contribution in [0, 0.1) is 17.8 Å². The van der Waals surface area contributed by atoms with E-state index in [0.717, 1.165) is 30.3 Å². The minimum atomic E-state index is -1.01. The first-order valence-corrected chi connectivity index (χ1v) is 15.3. The van der Waals surface area contributed by atoms with E-state index in [2.05, 4.69) is 16.4 Å². The Morgan fingerprint density at radius 3 is 2.68 bits per heavy atom. The zero-order valence-corrected chi connectivity index (χ0v) is 24.5. The van der Waals surface area contributed by atoms with Crippen molar-refractivity contribution in [3.8, 4) is 0 Å². The van der Waals surface area contributed by atoms with E-state index in [0.29, 0.717) is 13.2 Å². The molecule has 2 aromatic rings. The number of fused-ring (bicyclic) bond motifs is 3. The number of para-hydroxylation sites is 1. The molecule has 2 saturated heterocycles. The molecule has 41 heavy (non-hydrogen) atoms. The van der Waals surface area contributed by atoms with Gasteiger partial charge in [-0.1, -0.05) is 55.5 Å². The Hall–Kier alpha value is -3.18. The molecule has 1 aromatic heterocycles. The summed E-state index contributed by atoms with van der Waals surface area (Å²) in [5.41, 5.74) is 1.53.